The highest BCUT2D eigenvalue weighted by Crippen LogP contribution is 2.35. The number of hydrogen-bond donors (Lipinski definition) is 2. The maximum Gasteiger partial charge on any atom is 0.231 e. The van der Waals surface area contributed by atoms with Crippen molar-refractivity contribution in [3.8, 4) is 0 Å². The monoisotopic (exact) mass is 376 g/mol. The van der Waals surface area contributed by atoms with E-state index in [-0.39, 0.29) is 5.91 Å². The fourth-order valence-electron chi connectivity index (χ4n) is 4.00. The van der Waals surface area contributed by atoms with Gasteiger partial charge in [0.15, 0.2) is 0 Å². The molecule has 1 saturated carbocycles. The molecule has 1 aliphatic carbocycles. The van der Waals surface area contributed by atoms with Crippen LogP contribution in [0.3, 0.4) is 0 Å². The molecule has 5 rings (SSSR count). The number of nitrogens with zero attached hydrogens (tertiary/aromatic N) is 4. The Morgan fingerprint density at radius 3 is 2.57 bits per heavy atom. The molecule has 0 radical (unpaired) electrons. The summed E-state index contributed by atoms with van der Waals surface area (Å²) < 4.78 is 2.22. The summed E-state index contributed by atoms with van der Waals surface area (Å²) in [5, 5.41) is 4.15. The number of fused-ring (bicyclic) bond motifs is 1. The van der Waals surface area contributed by atoms with Gasteiger partial charge in [0.25, 0.3) is 0 Å². The van der Waals surface area contributed by atoms with E-state index in [0.29, 0.717) is 24.2 Å². The first-order chi connectivity index (χ1) is 13.7. The Balaban J connectivity index is 1.39. The molecule has 7 heteroatoms. The Kier molecular flexibility index (Phi) is 4.15. The van der Waals surface area contributed by atoms with Crippen molar-refractivity contribution in [1.29, 1.82) is 0 Å². The highest BCUT2D eigenvalue weighted by Gasteiger charge is 2.22. The summed E-state index contributed by atoms with van der Waals surface area (Å²) in [6.07, 6.45) is 8.38. The van der Waals surface area contributed by atoms with Gasteiger partial charge in [0, 0.05) is 36.6 Å². The van der Waals surface area contributed by atoms with Crippen LogP contribution in [-0.2, 0) is 4.79 Å². The summed E-state index contributed by atoms with van der Waals surface area (Å²) in [6, 6.07) is 10.3. The van der Waals surface area contributed by atoms with Gasteiger partial charge in [0.1, 0.15) is 11.5 Å². The standard InChI is InChI=1S/C21H24N6O/c22-19-17-11-13-27(15-4-3-5-15)20(17)25-21(24-19)23-14-7-9-16(10-8-14)26-12-2-1-6-18(26)28/h7-11,13,15H,1-6,12H2,(H3,22,23,24,25). The van der Waals surface area contributed by atoms with Gasteiger partial charge < -0.3 is 20.5 Å². The van der Waals surface area contributed by atoms with Crippen molar-refractivity contribution >= 4 is 40.1 Å². The normalized spacial score (nSPS) is 17.7. The first-order valence-corrected chi connectivity index (χ1v) is 10.0. The van der Waals surface area contributed by atoms with E-state index in [9.17, 15) is 4.79 Å². The summed E-state index contributed by atoms with van der Waals surface area (Å²) in [4.78, 5) is 23.1. The molecule has 1 saturated heterocycles. The van der Waals surface area contributed by atoms with E-state index in [4.69, 9.17) is 10.7 Å². The number of anilines is 4. The van der Waals surface area contributed by atoms with E-state index in [2.05, 4.69) is 21.1 Å². The Labute approximate surface area is 163 Å². The van der Waals surface area contributed by atoms with Crippen LogP contribution in [0.1, 0.15) is 44.6 Å². The number of carbonyl (C=O) groups is 1. The molecule has 3 heterocycles. The van der Waals surface area contributed by atoms with E-state index in [0.717, 1.165) is 41.8 Å². The molecule has 7 nitrogen and oxygen atoms in total. The minimum Gasteiger partial charge on any atom is -0.383 e. The van der Waals surface area contributed by atoms with Gasteiger partial charge in [-0.15, -0.1) is 0 Å². The van der Waals surface area contributed by atoms with Crippen molar-refractivity contribution in [2.45, 2.75) is 44.6 Å². The van der Waals surface area contributed by atoms with Gasteiger partial charge in [-0.3, -0.25) is 4.79 Å². The van der Waals surface area contributed by atoms with Crippen molar-refractivity contribution in [2.24, 2.45) is 0 Å². The lowest BCUT2D eigenvalue weighted by Crippen LogP contribution is -2.35. The van der Waals surface area contributed by atoms with Crippen LogP contribution < -0.4 is 16.0 Å². The minimum atomic E-state index is 0.199. The van der Waals surface area contributed by atoms with Crippen LogP contribution in [-0.4, -0.2) is 27.0 Å². The van der Waals surface area contributed by atoms with Crippen molar-refractivity contribution in [3.63, 3.8) is 0 Å². The Bertz CT molecular complexity index is 1020. The molecule has 2 aliphatic rings. The number of benzene rings is 1. The molecule has 3 N–H and O–H groups in total. The second-order valence-electron chi connectivity index (χ2n) is 7.65. The second kappa shape index (κ2) is 6.82. The Hall–Kier alpha value is -3.09. The maximum absolute atomic E-state index is 12.1. The van der Waals surface area contributed by atoms with Crippen molar-refractivity contribution in [1.82, 2.24) is 14.5 Å². The summed E-state index contributed by atoms with van der Waals surface area (Å²) in [7, 11) is 0. The molecule has 144 valence electrons. The summed E-state index contributed by atoms with van der Waals surface area (Å²) in [5.74, 6) is 1.18. The SMILES string of the molecule is Nc1nc(Nc2ccc(N3CCCCC3=O)cc2)nc2c1ccn2C1CCC1. The smallest absolute Gasteiger partial charge is 0.231 e. The first-order valence-electron chi connectivity index (χ1n) is 10.0. The van der Waals surface area contributed by atoms with Gasteiger partial charge in [-0.05, 0) is 62.4 Å². The zero-order chi connectivity index (χ0) is 19.1. The van der Waals surface area contributed by atoms with Gasteiger partial charge in [0.05, 0.1) is 5.39 Å². The topological polar surface area (TPSA) is 89.1 Å². The number of amides is 1. The second-order valence-corrected chi connectivity index (χ2v) is 7.65. The molecule has 0 atom stereocenters. The molecular weight excluding hydrogens is 352 g/mol. The lowest BCUT2D eigenvalue weighted by atomic mass is 9.93. The average Bonchev–Trinajstić information content (AvgIpc) is 3.06. The number of aromatic nitrogens is 3. The quantitative estimate of drug-likeness (QED) is 0.718. The van der Waals surface area contributed by atoms with Gasteiger partial charge in [-0.2, -0.15) is 9.97 Å². The van der Waals surface area contributed by atoms with Gasteiger partial charge >= 0.3 is 0 Å². The van der Waals surface area contributed by atoms with E-state index in [1.54, 1.807) is 0 Å². The van der Waals surface area contributed by atoms with Crippen molar-refractivity contribution in [2.75, 3.05) is 22.5 Å². The Morgan fingerprint density at radius 2 is 1.86 bits per heavy atom. The summed E-state index contributed by atoms with van der Waals surface area (Å²) >= 11 is 0. The molecule has 0 bridgehead atoms. The van der Waals surface area contributed by atoms with Gasteiger partial charge in [-0.25, -0.2) is 0 Å². The van der Waals surface area contributed by atoms with Crippen LogP contribution in [0.4, 0.5) is 23.1 Å². The number of nitrogen functional groups attached to an aromatic ring is 1. The lowest BCUT2D eigenvalue weighted by molar-refractivity contribution is -0.119. The van der Waals surface area contributed by atoms with Crippen LogP contribution >= 0.6 is 0 Å². The zero-order valence-electron chi connectivity index (χ0n) is 15.8. The number of piperidine rings is 1. The predicted molar refractivity (Wildman–Crippen MR) is 111 cm³/mol. The van der Waals surface area contributed by atoms with Crippen molar-refractivity contribution < 1.29 is 4.79 Å². The van der Waals surface area contributed by atoms with Crippen molar-refractivity contribution in [3.05, 3.63) is 36.5 Å². The maximum atomic E-state index is 12.1. The highest BCUT2D eigenvalue weighted by molar-refractivity contribution is 5.94. The number of rotatable bonds is 4. The zero-order valence-corrected chi connectivity index (χ0v) is 15.8. The fraction of sp³-hybridized carbons (Fsp3) is 0.381. The fourth-order valence-corrected chi connectivity index (χ4v) is 4.00. The largest absolute Gasteiger partial charge is 0.383 e. The number of nitrogens with one attached hydrogen (secondary N) is 1. The molecule has 28 heavy (non-hydrogen) atoms. The van der Waals surface area contributed by atoms with Gasteiger partial charge in [-0.1, -0.05) is 0 Å². The average molecular weight is 376 g/mol. The predicted octanol–water partition coefficient (Wildman–Crippen LogP) is 4.00. The van der Waals surface area contributed by atoms with E-state index in [1.807, 2.05) is 35.2 Å². The highest BCUT2D eigenvalue weighted by atomic mass is 16.2. The van der Waals surface area contributed by atoms with Crippen LogP contribution in [0, 0.1) is 0 Å². The molecule has 2 fully saturated rings. The first kappa shape index (κ1) is 17.0. The van der Waals surface area contributed by atoms with Gasteiger partial charge in [0.2, 0.25) is 11.9 Å². The lowest BCUT2D eigenvalue weighted by Gasteiger charge is -2.27. The molecule has 2 aromatic heterocycles. The van der Waals surface area contributed by atoms with E-state index < -0.39 is 0 Å². The third-order valence-electron chi connectivity index (χ3n) is 5.83. The molecule has 1 aliphatic heterocycles. The molecule has 0 spiro atoms. The van der Waals surface area contributed by atoms with E-state index in [1.165, 1.54) is 19.3 Å². The molecule has 3 aromatic rings. The molecule has 0 unspecified atom stereocenters. The number of carbonyl (C=O) groups excluding carboxylic acids is 1. The molecule has 1 amide bonds. The Morgan fingerprint density at radius 1 is 1.04 bits per heavy atom. The molecule has 1 aromatic carbocycles. The van der Waals surface area contributed by atoms with Crippen LogP contribution in [0.15, 0.2) is 36.5 Å². The number of nitrogens with two attached hydrogens (primary N) is 1. The van der Waals surface area contributed by atoms with Crippen LogP contribution in [0.25, 0.3) is 11.0 Å². The van der Waals surface area contributed by atoms with E-state index >= 15 is 0 Å². The van der Waals surface area contributed by atoms with Crippen LogP contribution in [0.5, 0.6) is 0 Å². The summed E-state index contributed by atoms with van der Waals surface area (Å²) in [6.45, 7) is 0.792. The minimum absolute atomic E-state index is 0.199. The van der Waals surface area contributed by atoms with Crippen LogP contribution in [0.2, 0.25) is 0 Å². The molecular formula is C21H24N6O. The third-order valence-corrected chi connectivity index (χ3v) is 5.83. The number of hydrogen-bond acceptors (Lipinski definition) is 5. The third kappa shape index (κ3) is 2.96. The summed E-state index contributed by atoms with van der Waals surface area (Å²) in [5.41, 5.74) is 8.86.